The Morgan fingerprint density at radius 3 is 2.94 bits per heavy atom. The second-order valence-corrected chi connectivity index (χ2v) is 4.66. The fourth-order valence-electron chi connectivity index (χ4n) is 2.43. The van der Waals surface area contributed by atoms with Crippen LogP contribution in [0.5, 0.6) is 0 Å². The Morgan fingerprint density at radius 2 is 2.29 bits per heavy atom. The van der Waals surface area contributed by atoms with E-state index in [0.717, 1.165) is 18.9 Å². The summed E-state index contributed by atoms with van der Waals surface area (Å²) in [6.45, 7) is 0.766. The second kappa shape index (κ2) is 5.16. The maximum absolute atomic E-state index is 10.8. The minimum absolute atomic E-state index is 0.0546. The van der Waals surface area contributed by atoms with Gasteiger partial charge in [-0.25, -0.2) is 0 Å². The summed E-state index contributed by atoms with van der Waals surface area (Å²) in [5, 5.41) is 17.9. The number of aryl methyl sites for hydroxylation is 1. The lowest BCUT2D eigenvalue weighted by Gasteiger charge is -2.08. The second-order valence-electron chi connectivity index (χ2n) is 4.66. The zero-order valence-corrected chi connectivity index (χ0v) is 10.1. The van der Waals surface area contributed by atoms with E-state index in [1.807, 2.05) is 0 Å². The molecule has 1 aromatic heterocycles. The van der Waals surface area contributed by atoms with Crippen LogP contribution in [-0.4, -0.2) is 21.2 Å². The topological polar surface area (TPSA) is 73.0 Å². The molecule has 1 saturated carbocycles. The SMILES string of the molecule is Cn1cc([N+](=O)[O-])c(NCCC2CCCC2)n1. The van der Waals surface area contributed by atoms with E-state index in [-0.39, 0.29) is 5.69 Å². The molecule has 0 unspecified atom stereocenters. The van der Waals surface area contributed by atoms with Crippen molar-refractivity contribution < 1.29 is 4.92 Å². The molecule has 2 rings (SSSR count). The van der Waals surface area contributed by atoms with Gasteiger partial charge in [0.05, 0.1) is 4.92 Å². The van der Waals surface area contributed by atoms with E-state index in [0.29, 0.717) is 5.82 Å². The number of nitro groups is 1. The summed E-state index contributed by atoms with van der Waals surface area (Å²) in [6.07, 6.45) is 7.76. The maximum Gasteiger partial charge on any atom is 0.330 e. The molecule has 0 aliphatic heterocycles. The van der Waals surface area contributed by atoms with Crippen LogP contribution >= 0.6 is 0 Å². The molecule has 0 atom stereocenters. The number of anilines is 1. The molecule has 0 amide bonds. The molecule has 0 bridgehead atoms. The van der Waals surface area contributed by atoms with Crippen molar-refractivity contribution >= 4 is 11.5 Å². The van der Waals surface area contributed by atoms with Crippen LogP contribution in [0.15, 0.2) is 6.20 Å². The largest absolute Gasteiger partial charge is 0.363 e. The predicted molar refractivity (Wildman–Crippen MR) is 64.9 cm³/mol. The van der Waals surface area contributed by atoms with Gasteiger partial charge in [-0.2, -0.15) is 0 Å². The van der Waals surface area contributed by atoms with Crippen LogP contribution in [0.2, 0.25) is 0 Å². The Balaban J connectivity index is 1.87. The highest BCUT2D eigenvalue weighted by molar-refractivity contribution is 5.54. The zero-order valence-electron chi connectivity index (χ0n) is 10.1. The van der Waals surface area contributed by atoms with Crippen LogP contribution in [0.25, 0.3) is 0 Å². The summed E-state index contributed by atoms with van der Waals surface area (Å²) in [4.78, 5) is 10.4. The Morgan fingerprint density at radius 1 is 1.59 bits per heavy atom. The number of hydrogen-bond acceptors (Lipinski definition) is 4. The molecule has 6 nitrogen and oxygen atoms in total. The molecule has 0 spiro atoms. The first kappa shape index (κ1) is 11.9. The molecule has 1 N–H and O–H groups in total. The molecular weight excluding hydrogens is 220 g/mol. The lowest BCUT2D eigenvalue weighted by atomic mass is 10.0. The lowest BCUT2D eigenvalue weighted by molar-refractivity contribution is -0.384. The van der Waals surface area contributed by atoms with Gasteiger partial charge in [-0.3, -0.25) is 14.8 Å². The average Bonchev–Trinajstić information content (AvgIpc) is 2.88. The van der Waals surface area contributed by atoms with E-state index in [1.165, 1.54) is 36.6 Å². The van der Waals surface area contributed by atoms with E-state index in [9.17, 15) is 10.1 Å². The molecule has 17 heavy (non-hydrogen) atoms. The Kier molecular flexibility index (Phi) is 3.61. The number of aromatic nitrogens is 2. The van der Waals surface area contributed by atoms with Crippen molar-refractivity contribution in [1.29, 1.82) is 0 Å². The number of hydrogen-bond donors (Lipinski definition) is 1. The molecule has 6 heteroatoms. The molecule has 1 fully saturated rings. The molecule has 1 heterocycles. The third-order valence-corrected chi connectivity index (χ3v) is 3.33. The third-order valence-electron chi connectivity index (χ3n) is 3.33. The van der Waals surface area contributed by atoms with Crippen LogP contribution in [-0.2, 0) is 7.05 Å². The number of rotatable bonds is 5. The first-order valence-corrected chi connectivity index (χ1v) is 6.08. The van der Waals surface area contributed by atoms with Crippen LogP contribution in [0.1, 0.15) is 32.1 Å². The number of nitrogens with zero attached hydrogens (tertiary/aromatic N) is 3. The van der Waals surface area contributed by atoms with E-state index in [1.54, 1.807) is 7.05 Å². The first-order valence-electron chi connectivity index (χ1n) is 6.08. The molecule has 0 radical (unpaired) electrons. The van der Waals surface area contributed by atoms with Crippen LogP contribution in [0, 0.1) is 16.0 Å². The van der Waals surface area contributed by atoms with Gasteiger partial charge < -0.3 is 5.32 Å². The summed E-state index contributed by atoms with van der Waals surface area (Å²) < 4.78 is 1.47. The summed E-state index contributed by atoms with van der Waals surface area (Å²) in [5.41, 5.74) is 0.0546. The quantitative estimate of drug-likeness (QED) is 0.631. The summed E-state index contributed by atoms with van der Waals surface area (Å²) >= 11 is 0. The van der Waals surface area contributed by atoms with Crippen LogP contribution in [0.3, 0.4) is 0 Å². The van der Waals surface area contributed by atoms with Gasteiger partial charge in [0.2, 0.25) is 5.82 Å². The fourth-order valence-corrected chi connectivity index (χ4v) is 2.43. The monoisotopic (exact) mass is 238 g/mol. The van der Waals surface area contributed by atoms with Crippen molar-refractivity contribution in [3.63, 3.8) is 0 Å². The Labute approximate surface area is 100 Å². The van der Waals surface area contributed by atoms with Crippen molar-refractivity contribution in [3.05, 3.63) is 16.3 Å². The molecule has 1 aliphatic rings. The van der Waals surface area contributed by atoms with Crippen LogP contribution < -0.4 is 5.32 Å². The summed E-state index contributed by atoms with van der Waals surface area (Å²) in [5.74, 6) is 1.17. The molecular formula is C11H18N4O2. The van der Waals surface area contributed by atoms with Crippen molar-refractivity contribution in [3.8, 4) is 0 Å². The maximum atomic E-state index is 10.8. The van der Waals surface area contributed by atoms with E-state index >= 15 is 0 Å². The van der Waals surface area contributed by atoms with E-state index < -0.39 is 4.92 Å². The standard InChI is InChI=1S/C11H18N4O2/c1-14-8-10(15(16)17)11(13-14)12-7-6-9-4-2-3-5-9/h8-9H,2-7H2,1H3,(H,12,13). The van der Waals surface area contributed by atoms with Gasteiger partial charge in [0.25, 0.3) is 0 Å². The van der Waals surface area contributed by atoms with Crippen molar-refractivity contribution in [2.24, 2.45) is 13.0 Å². The zero-order chi connectivity index (χ0) is 12.3. The lowest BCUT2D eigenvalue weighted by Crippen LogP contribution is -2.08. The molecule has 1 aromatic rings. The normalized spacial score (nSPS) is 16.3. The van der Waals surface area contributed by atoms with Gasteiger partial charge in [0.15, 0.2) is 0 Å². The first-order chi connectivity index (χ1) is 8.16. The van der Waals surface area contributed by atoms with Gasteiger partial charge >= 0.3 is 5.69 Å². The minimum atomic E-state index is -0.398. The molecule has 94 valence electrons. The van der Waals surface area contributed by atoms with Gasteiger partial charge in [-0.05, 0) is 12.3 Å². The Hall–Kier alpha value is -1.59. The molecule has 0 aromatic carbocycles. The van der Waals surface area contributed by atoms with Crippen molar-refractivity contribution in [2.45, 2.75) is 32.1 Å². The van der Waals surface area contributed by atoms with Crippen LogP contribution in [0.4, 0.5) is 11.5 Å². The van der Waals surface area contributed by atoms with Gasteiger partial charge in [0.1, 0.15) is 6.20 Å². The number of nitrogens with one attached hydrogen (secondary N) is 1. The highest BCUT2D eigenvalue weighted by atomic mass is 16.6. The van der Waals surface area contributed by atoms with Gasteiger partial charge in [0, 0.05) is 13.6 Å². The van der Waals surface area contributed by atoms with E-state index in [2.05, 4.69) is 10.4 Å². The summed E-state index contributed by atoms with van der Waals surface area (Å²) in [7, 11) is 1.69. The fraction of sp³-hybridized carbons (Fsp3) is 0.727. The average molecular weight is 238 g/mol. The van der Waals surface area contributed by atoms with E-state index in [4.69, 9.17) is 0 Å². The molecule has 0 saturated heterocycles. The van der Waals surface area contributed by atoms with Gasteiger partial charge in [-0.15, -0.1) is 5.10 Å². The Bertz CT molecular complexity index is 396. The summed E-state index contributed by atoms with van der Waals surface area (Å²) in [6, 6.07) is 0. The van der Waals surface area contributed by atoms with Gasteiger partial charge in [-0.1, -0.05) is 25.7 Å². The molecule has 1 aliphatic carbocycles. The smallest absolute Gasteiger partial charge is 0.330 e. The highest BCUT2D eigenvalue weighted by Gasteiger charge is 2.19. The minimum Gasteiger partial charge on any atom is -0.363 e. The van der Waals surface area contributed by atoms with Crippen molar-refractivity contribution in [2.75, 3.05) is 11.9 Å². The third kappa shape index (κ3) is 2.95. The highest BCUT2D eigenvalue weighted by Crippen LogP contribution is 2.28. The predicted octanol–water partition coefficient (Wildman–Crippen LogP) is 2.32. The van der Waals surface area contributed by atoms with Crippen molar-refractivity contribution in [1.82, 2.24) is 9.78 Å².